The summed E-state index contributed by atoms with van der Waals surface area (Å²) in [7, 11) is 0. The number of benzene rings is 2. The summed E-state index contributed by atoms with van der Waals surface area (Å²) in [6, 6.07) is 11.3. The summed E-state index contributed by atoms with van der Waals surface area (Å²) in [6.45, 7) is 0. The molecule has 25 heavy (non-hydrogen) atoms. The average Bonchev–Trinajstić information content (AvgIpc) is 2.54. The molecule has 128 valence electrons. The van der Waals surface area contributed by atoms with Gasteiger partial charge < -0.3 is 11.1 Å². The monoisotopic (exact) mass is 364 g/mol. The molecule has 3 N–H and O–H groups in total. The third-order valence-corrected chi connectivity index (χ3v) is 3.56. The van der Waals surface area contributed by atoms with E-state index in [9.17, 15) is 13.2 Å². The quantitative estimate of drug-likeness (QED) is 0.631. The highest BCUT2D eigenvalue weighted by Gasteiger charge is 2.29. The maximum Gasteiger partial charge on any atom is 0.416 e. The molecule has 8 heteroatoms. The lowest BCUT2D eigenvalue weighted by Gasteiger charge is -2.09. The van der Waals surface area contributed by atoms with Gasteiger partial charge in [0, 0.05) is 28.2 Å². The zero-order valence-corrected chi connectivity index (χ0v) is 13.4. The van der Waals surface area contributed by atoms with Crippen LogP contribution in [0.5, 0.6) is 0 Å². The Hall–Kier alpha value is -2.80. The smallest absolute Gasteiger partial charge is 0.399 e. The molecule has 1 heterocycles. The summed E-state index contributed by atoms with van der Waals surface area (Å²) < 4.78 is 37.8. The van der Waals surface area contributed by atoms with Crippen LogP contribution < -0.4 is 11.1 Å². The van der Waals surface area contributed by atoms with Gasteiger partial charge in [-0.05, 0) is 48.5 Å². The molecule has 3 rings (SSSR count). The van der Waals surface area contributed by atoms with Gasteiger partial charge in [0.25, 0.3) is 0 Å². The number of nitrogens with one attached hydrogen (secondary N) is 1. The van der Waals surface area contributed by atoms with Gasteiger partial charge in [0.2, 0.25) is 5.95 Å². The Bertz CT molecular complexity index is 875. The van der Waals surface area contributed by atoms with E-state index in [1.807, 2.05) is 0 Å². The maximum atomic E-state index is 12.6. The minimum Gasteiger partial charge on any atom is -0.399 e. The number of hydrogen-bond acceptors (Lipinski definition) is 4. The van der Waals surface area contributed by atoms with E-state index in [0.717, 1.165) is 12.1 Å². The molecule has 0 radical (unpaired) electrons. The molecule has 0 aliphatic rings. The van der Waals surface area contributed by atoms with E-state index in [2.05, 4.69) is 15.3 Å². The van der Waals surface area contributed by atoms with Crippen molar-refractivity contribution in [2.45, 2.75) is 6.18 Å². The van der Waals surface area contributed by atoms with Gasteiger partial charge in [0.1, 0.15) is 0 Å². The molecule has 0 spiro atoms. The normalized spacial score (nSPS) is 11.4. The molecule has 0 bridgehead atoms. The largest absolute Gasteiger partial charge is 0.416 e. The highest BCUT2D eigenvalue weighted by Crippen LogP contribution is 2.30. The van der Waals surface area contributed by atoms with Gasteiger partial charge in [-0.3, -0.25) is 0 Å². The van der Waals surface area contributed by atoms with Crippen molar-refractivity contribution in [3.05, 3.63) is 65.3 Å². The Balaban J connectivity index is 1.84. The molecule has 3 aromatic rings. The summed E-state index contributed by atoms with van der Waals surface area (Å²) in [4.78, 5) is 8.40. The first kappa shape index (κ1) is 17.0. The fourth-order valence-corrected chi connectivity index (χ4v) is 2.46. The minimum atomic E-state index is -4.37. The Kier molecular flexibility index (Phi) is 4.50. The Morgan fingerprint density at radius 1 is 1.00 bits per heavy atom. The van der Waals surface area contributed by atoms with E-state index in [4.69, 9.17) is 17.3 Å². The van der Waals surface area contributed by atoms with Crippen LogP contribution >= 0.6 is 11.6 Å². The number of alkyl halides is 3. The van der Waals surface area contributed by atoms with Crippen molar-refractivity contribution < 1.29 is 13.2 Å². The SMILES string of the molecule is Nc1cc(Cl)cc(-c2ccnc(Nc3ccc(C(F)(F)F)cc3)n2)c1. The van der Waals surface area contributed by atoms with Crippen molar-refractivity contribution in [1.82, 2.24) is 9.97 Å². The Morgan fingerprint density at radius 2 is 1.72 bits per heavy atom. The number of hydrogen-bond donors (Lipinski definition) is 2. The second-order valence-electron chi connectivity index (χ2n) is 5.24. The molecule has 0 aliphatic heterocycles. The fourth-order valence-electron chi connectivity index (χ4n) is 2.21. The molecular formula is C17H12ClF3N4. The molecule has 0 aliphatic carbocycles. The molecule has 0 unspecified atom stereocenters. The summed E-state index contributed by atoms with van der Waals surface area (Å²) in [6.07, 6.45) is -2.84. The second-order valence-corrected chi connectivity index (χ2v) is 5.68. The van der Waals surface area contributed by atoms with E-state index in [1.54, 1.807) is 24.3 Å². The zero-order valence-electron chi connectivity index (χ0n) is 12.7. The standard InChI is InChI=1S/C17H12ClF3N4/c18-12-7-10(8-13(22)9-12)15-5-6-23-16(25-15)24-14-3-1-11(2-4-14)17(19,20)21/h1-9H,22H2,(H,23,24,25). The van der Waals surface area contributed by atoms with Gasteiger partial charge in [-0.15, -0.1) is 0 Å². The Labute approximate surface area is 146 Å². The number of halogens is 4. The van der Waals surface area contributed by atoms with Crippen LogP contribution in [0.3, 0.4) is 0 Å². The number of nitrogens with two attached hydrogens (primary N) is 1. The summed E-state index contributed by atoms with van der Waals surface area (Å²) in [5.41, 5.74) is 7.28. The molecule has 2 aromatic carbocycles. The van der Waals surface area contributed by atoms with Crippen LogP contribution in [-0.2, 0) is 6.18 Å². The Morgan fingerprint density at radius 3 is 2.36 bits per heavy atom. The lowest BCUT2D eigenvalue weighted by atomic mass is 10.1. The van der Waals surface area contributed by atoms with Crippen LogP contribution in [0.4, 0.5) is 30.5 Å². The highest BCUT2D eigenvalue weighted by molar-refractivity contribution is 6.31. The molecule has 0 saturated carbocycles. The topological polar surface area (TPSA) is 63.8 Å². The summed E-state index contributed by atoms with van der Waals surface area (Å²) in [5.74, 6) is 0.246. The molecule has 4 nitrogen and oxygen atoms in total. The van der Waals surface area contributed by atoms with Gasteiger partial charge in [-0.2, -0.15) is 13.2 Å². The maximum absolute atomic E-state index is 12.6. The first-order valence-electron chi connectivity index (χ1n) is 7.15. The van der Waals surface area contributed by atoms with Crippen molar-refractivity contribution in [3.63, 3.8) is 0 Å². The van der Waals surface area contributed by atoms with E-state index in [0.29, 0.717) is 27.7 Å². The predicted octanol–water partition coefficient (Wildman–Crippen LogP) is 5.14. The van der Waals surface area contributed by atoms with Gasteiger partial charge >= 0.3 is 6.18 Å². The average molecular weight is 365 g/mol. The van der Waals surface area contributed by atoms with Crippen molar-refractivity contribution in [3.8, 4) is 11.3 Å². The minimum absolute atomic E-state index is 0.246. The molecule has 0 amide bonds. The molecular weight excluding hydrogens is 353 g/mol. The van der Waals surface area contributed by atoms with Gasteiger partial charge in [0.05, 0.1) is 11.3 Å². The van der Waals surface area contributed by atoms with Crippen molar-refractivity contribution in [2.75, 3.05) is 11.1 Å². The fraction of sp³-hybridized carbons (Fsp3) is 0.0588. The number of nitrogens with zero attached hydrogens (tertiary/aromatic N) is 2. The van der Waals surface area contributed by atoms with Gasteiger partial charge in [-0.1, -0.05) is 11.6 Å². The summed E-state index contributed by atoms with van der Waals surface area (Å²) in [5, 5.41) is 3.35. The molecule has 0 saturated heterocycles. The number of anilines is 3. The first-order chi connectivity index (χ1) is 11.8. The lowest BCUT2D eigenvalue weighted by Crippen LogP contribution is -2.04. The summed E-state index contributed by atoms with van der Waals surface area (Å²) >= 11 is 5.99. The van der Waals surface area contributed by atoms with Crippen LogP contribution in [0.15, 0.2) is 54.7 Å². The zero-order chi connectivity index (χ0) is 18.0. The number of aromatic nitrogens is 2. The van der Waals surface area contributed by atoms with Crippen molar-refractivity contribution in [2.24, 2.45) is 0 Å². The van der Waals surface area contributed by atoms with Crippen LogP contribution in [0.25, 0.3) is 11.3 Å². The first-order valence-corrected chi connectivity index (χ1v) is 7.53. The van der Waals surface area contributed by atoms with E-state index >= 15 is 0 Å². The second kappa shape index (κ2) is 6.60. The number of nitrogen functional groups attached to an aromatic ring is 1. The van der Waals surface area contributed by atoms with Crippen LogP contribution in [0.2, 0.25) is 5.02 Å². The predicted molar refractivity (Wildman–Crippen MR) is 91.6 cm³/mol. The van der Waals surface area contributed by atoms with Crippen LogP contribution in [0.1, 0.15) is 5.56 Å². The third kappa shape index (κ3) is 4.19. The lowest BCUT2D eigenvalue weighted by molar-refractivity contribution is -0.137. The van der Waals surface area contributed by atoms with E-state index in [-0.39, 0.29) is 5.95 Å². The van der Waals surface area contributed by atoms with Crippen LogP contribution in [0, 0.1) is 0 Å². The van der Waals surface area contributed by atoms with Gasteiger partial charge in [0.15, 0.2) is 0 Å². The van der Waals surface area contributed by atoms with E-state index in [1.165, 1.54) is 18.3 Å². The molecule has 0 fully saturated rings. The van der Waals surface area contributed by atoms with Gasteiger partial charge in [-0.25, -0.2) is 9.97 Å². The van der Waals surface area contributed by atoms with Crippen LogP contribution in [-0.4, -0.2) is 9.97 Å². The molecule has 1 aromatic heterocycles. The third-order valence-electron chi connectivity index (χ3n) is 3.34. The van der Waals surface area contributed by atoms with E-state index < -0.39 is 11.7 Å². The van der Waals surface area contributed by atoms with Crippen molar-refractivity contribution >= 4 is 28.9 Å². The highest BCUT2D eigenvalue weighted by atomic mass is 35.5. The molecule has 0 atom stereocenters. The number of rotatable bonds is 3. The van der Waals surface area contributed by atoms with Crippen molar-refractivity contribution in [1.29, 1.82) is 0 Å².